The Morgan fingerprint density at radius 3 is 2.26 bits per heavy atom. The lowest BCUT2D eigenvalue weighted by molar-refractivity contribution is -0.362. The minimum absolute atomic E-state index is 0.124. The Balaban J connectivity index is 1.04. The second-order valence-corrected chi connectivity index (χ2v) is 21.7. The lowest BCUT2D eigenvalue weighted by Crippen LogP contribution is -2.64. The van der Waals surface area contributed by atoms with E-state index in [1.54, 1.807) is 13.8 Å². The molecule has 16 nitrogen and oxygen atoms in total. The maximum atomic E-state index is 14.2. The number of carbonyl (C=O) groups is 1. The summed E-state index contributed by atoms with van der Waals surface area (Å²) in [5, 5.41) is 53.7. The van der Waals surface area contributed by atoms with Crippen molar-refractivity contribution in [2.75, 3.05) is 6.61 Å². The zero-order valence-corrected chi connectivity index (χ0v) is 35.6. The maximum absolute atomic E-state index is 14.2. The van der Waals surface area contributed by atoms with Gasteiger partial charge in [0.05, 0.1) is 41.5 Å². The number of rotatable bonds is 8. The molecule has 19 unspecified atom stereocenters. The van der Waals surface area contributed by atoms with Gasteiger partial charge in [0, 0.05) is 11.3 Å². The molecule has 4 heterocycles. The number of ether oxygens (including phenoxy) is 6. The van der Waals surface area contributed by atoms with Crippen molar-refractivity contribution in [1.82, 2.24) is 0 Å². The first-order valence-electron chi connectivity index (χ1n) is 21.1. The molecular weight excluding hydrogens is 781 g/mol. The van der Waals surface area contributed by atoms with Gasteiger partial charge in [-0.15, -0.1) is 0 Å². The fourth-order valence-corrected chi connectivity index (χ4v) is 14.2. The van der Waals surface area contributed by atoms with Crippen LogP contribution >= 0.6 is 0 Å². The Morgan fingerprint density at radius 2 is 1.60 bits per heavy atom. The molecule has 58 heavy (non-hydrogen) atoms. The van der Waals surface area contributed by atoms with E-state index in [0.717, 1.165) is 32.1 Å². The molecule has 8 aliphatic rings. The fraction of sp³-hybridized carbons (Fsp3) is 0.927. The summed E-state index contributed by atoms with van der Waals surface area (Å²) in [4.78, 5) is 14.2. The van der Waals surface area contributed by atoms with Gasteiger partial charge in [-0.2, -0.15) is 8.42 Å². The SMILES string of the molecule is CC1OC(OC2C(OC3CCC4(C)C5CCC67C(=O)OC(CC6(C)C5=CCC4C3(C)C)C7C3(C)CCC(C(C)(C)O)O3)OCC(OS(=O)(=O)O)C2O)C(O)C(O)C1O. The number of fused-ring (bicyclic) bond motifs is 5. The third-order valence-corrected chi connectivity index (χ3v) is 17.1. The number of hydrogen-bond donors (Lipinski definition) is 6. The van der Waals surface area contributed by atoms with Gasteiger partial charge in [0.2, 0.25) is 0 Å². The predicted octanol–water partition coefficient (Wildman–Crippen LogP) is 2.32. The molecule has 0 amide bonds. The van der Waals surface area contributed by atoms with Gasteiger partial charge < -0.3 is 54.0 Å². The minimum atomic E-state index is -5.01. The quantitative estimate of drug-likeness (QED) is 0.117. The molecule has 0 radical (unpaired) electrons. The molecule has 0 aromatic carbocycles. The van der Waals surface area contributed by atoms with E-state index in [1.165, 1.54) is 12.5 Å². The summed E-state index contributed by atoms with van der Waals surface area (Å²) in [6.45, 7) is 15.6. The van der Waals surface area contributed by atoms with E-state index < -0.39 is 106 Å². The summed E-state index contributed by atoms with van der Waals surface area (Å²) >= 11 is 0. The van der Waals surface area contributed by atoms with Crippen molar-refractivity contribution in [3.8, 4) is 0 Å². The minimum Gasteiger partial charge on any atom is -0.461 e. The van der Waals surface area contributed by atoms with E-state index in [1.807, 2.05) is 0 Å². The van der Waals surface area contributed by atoms with Gasteiger partial charge >= 0.3 is 16.4 Å². The number of hydrogen-bond acceptors (Lipinski definition) is 15. The van der Waals surface area contributed by atoms with E-state index >= 15 is 0 Å². The lowest BCUT2D eigenvalue weighted by atomic mass is 9.40. The normalized spacial score (nSPS) is 52.7. The third kappa shape index (κ3) is 6.42. The second kappa shape index (κ2) is 14.1. The van der Waals surface area contributed by atoms with Gasteiger partial charge in [0.15, 0.2) is 12.6 Å². The first-order valence-corrected chi connectivity index (χ1v) is 22.4. The van der Waals surface area contributed by atoms with Gasteiger partial charge in [-0.25, -0.2) is 4.18 Å². The van der Waals surface area contributed by atoms with E-state index in [0.29, 0.717) is 19.3 Å². The molecule has 6 N–H and O–H groups in total. The average molecular weight is 845 g/mol. The highest BCUT2D eigenvalue weighted by atomic mass is 32.3. The number of allylic oxidation sites excluding steroid dienone is 2. The smallest absolute Gasteiger partial charge is 0.397 e. The largest absolute Gasteiger partial charge is 0.461 e. The molecule has 17 heteroatoms. The van der Waals surface area contributed by atoms with Crippen LogP contribution in [0.3, 0.4) is 0 Å². The van der Waals surface area contributed by atoms with Crippen molar-refractivity contribution < 1.29 is 75.9 Å². The number of aliphatic hydroxyl groups is 5. The molecule has 4 aliphatic heterocycles. The Bertz CT molecular complexity index is 1760. The third-order valence-electron chi connectivity index (χ3n) is 16.6. The van der Waals surface area contributed by atoms with Crippen LogP contribution in [0.2, 0.25) is 0 Å². The Kier molecular flexibility index (Phi) is 10.5. The predicted molar refractivity (Wildman–Crippen MR) is 202 cm³/mol. The molecule has 0 aromatic heterocycles. The van der Waals surface area contributed by atoms with Crippen molar-refractivity contribution in [3.05, 3.63) is 11.6 Å². The molecule has 8 rings (SSSR count). The van der Waals surface area contributed by atoms with Crippen LogP contribution in [0.25, 0.3) is 0 Å². The Hall–Kier alpha value is -1.32. The summed E-state index contributed by atoms with van der Waals surface area (Å²) < 4.78 is 74.7. The summed E-state index contributed by atoms with van der Waals surface area (Å²) in [6.07, 6.45) is -6.37. The molecule has 4 aliphatic carbocycles. The molecule has 1 spiro atoms. The van der Waals surface area contributed by atoms with Crippen LogP contribution in [0.4, 0.5) is 0 Å². The zero-order valence-electron chi connectivity index (χ0n) is 34.8. The van der Waals surface area contributed by atoms with E-state index in [2.05, 4.69) is 40.7 Å². The van der Waals surface area contributed by atoms with Crippen LogP contribution in [0.15, 0.2) is 11.6 Å². The van der Waals surface area contributed by atoms with Crippen LogP contribution in [0.1, 0.15) is 107 Å². The first kappa shape index (κ1) is 43.3. The van der Waals surface area contributed by atoms with Gasteiger partial charge in [-0.05, 0) is 102 Å². The molecule has 3 saturated carbocycles. The van der Waals surface area contributed by atoms with Crippen LogP contribution in [0.5, 0.6) is 0 Å². The summed E-state index contributed by atoms with van der Waals surface area (Å²) in [5.74, 6) is 0.0724. The highest BCUT2D eigenvalue weighted by Crippen LogP contribution is 2.77. The average Bonchev–Trinajstić information content (AvgIpc) is 3.74. The topological polar surface area (TPSA) is 237 Å². The van der Waals surface area contributed by atoms with Crippen molar-refractivity contribution in [2.45, 2.75) is 192 Å². The van der Waals surface area contributed by atoms with Gasteiger partial charge in [0.25, 0.3) is 0 Å². The highest BCUT2D eigenvalue weighted by Gasteiger charge is 2.79. The summed E-state index contributed by atoms with van der Waals surface area (Å²) in [7, 11) is -5.01. The van der Waals surface area contributed by atoms with Crippen LogP contribution in [-0.2, 0) is 47.8 Å². The standard InChI is InChI=1S/C41H64O16S/c1-19-27(42)29(44)30(45)33(52-19)55-31-28(43)23(57-58(48,49)50)18-51-34(31)54-25-12-14-38(6)20-11-16-41-32(40(8)15-13-26(56-40)37(4,5)47)22(53-35(41)46)17-39(41,7)21(20)9-10-24(38)36(25,2)3/h9,19-20,22-34,42-45,47H,10-18H2,1-8H3,(H,48,49,50). The van der Waals surface area contributed by atoms with Crippen molar-refractivity contribution in [1.29, 1.82) is 0 Å². The van der Waals surface area contributed by atoms with Gasteiger partial charge in [-0.1, -0.05) is 39.3 Å². The molecule has 7 fully saturated rings. The van der Waals surface area contributed by atoms with Crippen molar-refractivity contribution in [2.24, 2.45) is 39.4 Å². The maximum Gasteiger partial charge on any atom is 0.397 e. The van der Waals surface area contributed by atoms with Crippen LogP contribution < -0.4 is 0 Å². The monoisotopic (exact) mass is 844 g/mol. The summed E-state index contributed by atoms with van der Waals surface area (Å²) in [6, 6.07) is 0. The zero-order chi connectivity index (χ0) is 42.3. The fourth-order valence-electron chi connectivity index (χ4n) is 13.7. The number of aliphatic hydroxyl groups excluding tert-OH is 4. The van der Waals surface area contributed by atoms with Crippen LogP contribution in [0, 0.1) is 39.4 Å². The summed E-state index contributed by atoms with van der Waals surface area (Å²) in [5.41, 5.74) is -2.06. The van der Waals surface area contributed by atoms with E-state index in [4.69, 9.17) is 32.6 Å². The highest BCUT2D eigenvalue weighted by molar-refractivity contribution is 7.80. The van der Waals surface area contributed by atoms with Crippen molar-refractivity contribution >= 4 is 16.4 Å². The van der Waals surface area contributed by atoms with E-state index in [-0.39, 0.29) is 41.3 Å². The van der Waals surface area contributed by atoms with Gasteiger partial charge in [0.1, 0.15) is 42.7 Å². The number of esters is 1. The number of carbonyl (C=O) groups excluding carboxylic acids is 1. The lowest BCUT2D eigenvalue weighted by Gasteiger charge is -2.64. The molecular formula is C41H64O16S. The van der Waals surface area contributed by atoms with Gasteiger partial charge in [-0.3, -0.25) is 9.35 Å². The van der Waals surface area contributed by atoms with Crippen LogP contribution in [-0.4, -0.2) is 136 Å². The first-order chi connectivity index (χ1) is 26.8. The van der Waals surface area contributed by atoms with E-state index in [9.17, 15) is 43.3 Å². The molecule has 2 bridgehead atoms. The Morgan fingerprint density at radius 1 is 0.897 bits per heavy atom. The molecule has 330 valence electrons. The molecule has 19 atom stereocenters. The molecule has 0 aromatic rings. The Labute approximate surface area is 340 Å². The molecule has 4 saturated heterocycles. The second-order valence-electron chi connectivity index (χ2n) is 20.6. The van der Waals surface area contributed by atoms with Crippen molar-refractivity contribution in [3.63, 3.8) is 0 Å².